The molecule has 1 aliphatic carbocycles. The smallest absolute Gasteiger partial charge is 0.238 e. The van der Waals surface area contributed by atoms with E-state index in [1.807, 2.05) is 18.2 Å². The molecule has 1 unspecified atom stereocenters. The van der Waals surface area contributed by atoms with Crippen LogP contribution < -0.4 is 14.4 Å². The summed E-state index contributed by atoms with van der Waals surface area (Å²) in [7, 11) is -1.78. The zero-order chi connectivity index (χ0) is 27.4. The second kappa shape index (κ2) is 9.71. The maximum absolute atomic E-state index is 13.4. The number of carbonyl (C=O) groups is 1. The first kappa shape index (κ1) is 25.9. The van der Waals surface area contributed by atoms with E-state index < -0.39 is 21.6 Å². The van der Waals surface area contributed by atoms with Gasteiger partial charge in [0, 0.05) is 49.4 Å². The maximum Gasteiger partial charge on any atom is 0.238 e. The molecule has 3 aliphatic rings. The first-order chi connectivity index (χ1) is 18.6. The molecule has 1 atom stereocenters. The van der Waals surface area contributed by atoms with Crippen LogP contribution in [0.3, 0.4) is 0 Å². The standard InChI is InChI=1S/C28H32FN5O4S/c1-33-24-16-30-22-6-5-18(13-21(22)25(24)28(27(33)35)8-3-9-28)19-14-23(32-39(2,36)37)26(31-15-19)38-12-4-10-34-11-7-20(29)17-34/h5-6,13-16,20,32H,3-4,7-12,17H2,1-2H3. The molecule has 0 radical (unpaired) electrons. The molecular formula is C28H32FN5O4S. The van der Waals surface area contributed by atoms with Gasteiger partial charge in [-0.25, -0.2) is 17.8 Å². The van der Waals surface area contributed by atoms with Gasteiger partial charge >= 0.3 is 0 Å². The number of rotatable bonds is 8. The van der Waals surface area contributed by atoms with Crippen molar-refractivity contribution in [2.75, 3.05) is 49.2 Å². The molecule has 0 bridgehead atoms. The first-order valence-corrected chi connectivity index (χ1v) is 15.2. The molecule has 11 heteroatoms. The van der Waals surface area contributed by atoms with Crippen molar-refractivity contribution in [2.45, 2.75) is 43.7 Å². The van der Waals surface area contributed by atoms with Crippen molar-refractivity contribution in [1.82, 2.24) is 14.9 Å². The van der Waals surface area contributed by atoms with E-state index in [0.717, 1.165) is 59.8 Å². The molecule has 1 aromatic carbocycles. The minimum atomic E-state index is -3.59. The zero-order valence-electron chi connectivity index (χ0n) is 22.1. The number of halogens is 1. The number of anilines is 2. The third-order valence-corrected chi connectivity index (χ3v) is 8.75. The average Bonchev–Trinajstić information content (AvgIpc) is 3.39. The summed E-state index contributed by atoms with van der Waals surface area (Å²) in [6.07, 6.45) is 7.67. The van der Waals surface area contributed by atoms with E-state index in [1.54, 1.807) is 30.4 Å². The largest absolute Gasteiger partial charge is 0.476 e. The number of likely N-dealkylation sites (N-methyl/N-ethyl adjacent to an activating group) is 1. The van der Waals surface area contributed by atoms with Crippen LogP contribution in [0.25, 0.3) is 22.0 Å². The number of sulfonamides is 1. The highest BCUT2D eigenvalue weighted by molar-refractivity contribution is 7.92. The number of carbonyl (C=O) groups excluding carboxylic acids is 1. The summed E-state index contributed by atoms with van der Waals surface area (Å²) in [5.74, 6) is 0.318. The molecule has 1 spiro atoms. The van der Waals surface area contributed by atoms with Crippen LogP contribution in [0.15, 0.2) is 36.7 Å². The summed E-state index contributed by atoms with van der Waals surface area (Å²) in [5.41, 5.74) is 4.00. The number of ether oxygens (including phenoxy) is 1. The summed E-state index contributed by atoms with van der Waals surface area (Å²) in [6, 6.07) is 7.58. The van der Waals surface area contributed by atoms with Crippen molar-refractivity contribution in [1.29, 1.82) is 0 Å². The molecule has 3 aromatic rings. The van der Waals surface area contributed by atoms with Crippen molar-refractivity contribution in [2.24, 2.45) is 0 Å². The van der Waals surface area contributed by atoms with Crippen LogP contribution >= 0.6 is 0 Å². The second-order valence-electron chi connectivity index (χ2n) is 10.9. The molecule has 4 heterocycles. The van der Waals surface area contributed by atoms with Crippen LogP contribution in [0.2, 0.25) is 0 Å². The lowest BCUT2D eigenvalue weighted by molar-refractivity contribution is -0.125. The number of aromatic nitrogens is 2. The van der Waals surface area contributed by atoms with E-state index in [4.69, 9.17) is 4.74 Å². The number of benzene rings is 1. The molecule has 2 aliphatic heterocycles. The van der Waals surface area contributed by atoms with Crippen LogP contribution in [0.5, 0.6) is 5.88 Å². The molecule has 1 saturated heterocycles. The Hall–Kier alpha value is -3.31. The Morgan fingerprint density at radius 2 is 2.00 bits per heavy atom. The minimum Gasteiger partial charge on any atom is -0.476 e. The number of hydrogen-bond acceptors (Lipinski definition) is 7. The molecule has 206 valence electrons. The average molecular weight is 554 g/mol. The van der Waals surface area contributed by atoms with Crippen LogP contribution in [0.4, 0.5) is 15.8 Å². The second-order valence-corrected chi connectivity index (χ2v) is 12.6. The fourth-order valence-corrected chi connectivity index (χ4v) is 6.64. The lowest BCUT2D eigenvalue weighted by Crippen LogP contribution is -2.43. The molecule has 1 saturated carbocycles. The SMILES string of the molecule is CN1C(=O)C2(CCC2)c2c1cnc1ccc(-c3cnc(OCCCN4CCC(F)C4)c(NS(C)(=O)=O)c3)cc21. The zero-order valence-corrected chi connectivity index (χ0v) is 22.9. The Kier molecular flexibility index (Phi) is 6.46. The Bertz CT molecular complexity index is 1560. The van der Waals surface area contributed by atoms with E-state index in [-0.39, 0.29) is 17.5 Å². The van der Waals surface area contributed by atoms with Crippen molar-refractivity contribution in [3.05, 3.63) is 42.2 Å². The number of alkyl halides is 1. The topological polar surface area (TPSA) is 105 Å². The fourth-order valence-electron chi connectivity index (χ4n) is 6.09. The number of pyridine rings is 2. The van der Waals surface area contributed by atoms with Crippen molar-refractivity contribution < 1.29 is 22.3 Å². The van der Waals surface area contributed by atoms with Crippen LogP contribution in [0.1, 0.15) is 37.7 Å². The van der Waals surface area contributed by atoms with Crippen LogP contribution in [-0.2, 0) is 20.2 Å². The van der Waals surface area contributed by atoms with E-state index >= 15 is 0 Å². The first-order valence-electron chi connectivity index (χ1n) is 13.3. The Morgan fingerprint density at radius 3 is 2.69 bits per heavy atom. The molecular weight excluding hydrogens is 521 g/mol. The Labute approximate surface area is 227 Å². The van der Waals surface area contributed by atoms with Gasteiger partial charge in [0.15, 0.2) is 0 Å². The summed E-state index contributed by atoms with van der Waals surface area (Å²) >= 11 is 0. The molecule has 2 aromatic heterocycles. The van der Waals surface area contributed by atoms with E-state index in [0.29, 0.717) is 38.1 Å². The van der Waals surface area contributed by atoms with E-state index in [1.165, 1.54) is 0 Å². The quantitative estimate of drug-likeness (QED) is 0.422. The third kappa shape index (κ3) is 4.71. The summed E-state index contributed by atoms with van der Waals surface area (Å²) < 4.78 is 46.1. The van der Waals surface area contributed by atoms with Crippen molar-refractivity contribution in [3.63, 3.8) is 0 Å². The monoisotopic (exact) mass is 553 g/mol. The van der Waals surface area contributed by atoms with Crippen LogP contribution in [0, 0.1) is 0 Å². The molecule has 6 rings (SSSR count). The number of hydrogen-bond donors (Lipinski definition) is 1. The summed E-state index contributed by atoms with van der Waals surface area (Å²) in [6.45, 7) is 2.23. The number of likely N-dealkylation sites (tertiary alicyclic amines) is 1. The van der Waals surface area contributed by atoms with Gasteiger partial charge < -0.3 is 14.5 Å². The normalized spacial score (nSPS) is 20.4. The Morgan fingerprint density at radius 1 is 1.18 bits per heavy atom. The lowest BCUT2D eigenvalue weighted by atomic mass is 9.64. The van der Waals surface area contributed by atoms with Gasteiger partial charge in [0.25, 0.3) is 0 Å². The lowest BCUT2D eigenvalue weighted by Gasteiger charge is -2.37. The Balaban J connectivity index is 1.30. The minimum absolute atomic E-state index is 0.125. The number of fused-ring (bicyclic) bond motifs is 4. The molecule has 1 amide bonds. The van der Waals surface area contributed by atoms with E-state index in [2.05, 4.69) is 19.6 Å². The molecule has 2 fully saturated rings. The molecule has 1 N–H and O–H groups in total. The fraction of sp³-hybridized carbons (Fsp3) is 0.464. The summed E-state index contributed by atoms with van der Waals surface area (Å²) in [5, 5.41) is 0.928. The highest BCUT2D eigenvalue weighted by Crippen LogP contribution is 2.55. The highest BCUT2D eigenvalue weighted by atomic mass is 32.2. The van der Waals surface area contributed by atoms with Crippen molar-refractivity contribution in [3.8, 4) is 17.0 Å². The van der Waals surface area contributed by atoms with Gasteiger partial charge in [-0.1, -0.05) is 12.5 Å². The van der Waals surface area contributed by atoms with Gasteiger partial charge in [-0.15, -0.1) is 0 Å². The van der Waals surface area contributed by atoms with Crippen LogP contribution in [-0.4, -0.2) is 74.9 Å². The maximum atomic E-state index is 13.4. The third-order valence-electron chi connectivity index (χ3n) is 8.16. The number of nitrogens with zero attached hydrogens (tertiary/aromatic N) is 4. The number of nitrogens with one attached hydrogen (secondary N) is 1. The van der Waals surface area contributed by atoms with Gasteiger partial charge in [0.05, 0.1) is 35.7 Å². The van der Waals surface area contributed by atoms with Gasteiger partial charge in [-0.05, 0) is 49.4 Å². The van der Waals surface area contributed by atoms with E-state index in [9.17, 15) is 17.6 Å². The summed E-state index contributed by atoms with van der Waals surface area (Å²) in [4.78, 5) is 26.0. The molecule has 9 nitrogen and oxygen atoms in total. The molecule has 39 heavy (non-hydrogen) atoms. The number of amides is 1. The van der Waals surface area contributed by atoms with Crippen molar-refractivity contribution >= 4 is 38.2 Å². The predicted octanol–water partition coefficient (Wildman–Crippen LogP) is 3.88. The van der Waals surface area contributed by atoms with Gasteiger partial charge in [-0.3, -0.25) is 14.5 Å². The van der Waals surface area contributed by atoms with Gasteiger partial charge in [-0.2, -0.15) is 0 Å². The van der Waals surface area contributed by atoms with Gasteiger partial charge in [0.1, 0.15) is 11.9 Å². The predicted molar refractivity (Wildman–Crippen MR) is 148 cm³/mol. The highest BCUT2D eigenvalue weighted by Gasteiger charge is 2.54. The van der Waals surface area contributed by atoms with Gasteiger partial charge in [0.2, 0.25) is 21.8 Å².